The van der Waals surface area contributed by atoms with Gasteiger partial charge in [-0.25, -0.2) is 14.2 Å². The SMILES string of the molecule is CCOC(=O)C1(C(F)(F)OCCOC)C=Cc2cc(F)c(C)nc2N1. The second-order valence-electron chi connectivity index (χ2n) is 5.34. The number of carbonyl (C=O) groups excluding carboxylic acids is 1. The lowest BCUT2D eigenvalue weighted by atomic mass is 9.92. The monoisotopic (exact) mass is 360 g/mol. The molecule has 0 saturated carbocycles. The number of ether oxygens (including phenoxy) is 3. The van der Waals surface area contributed by atoms with Gasteiger partial charge in [-0.1, -0.05) is 6.08 Å². The van der Waals surface area contributed by atoms with Crippen LogP contribution in [0.5, 0.6) is 0 Å². The van der Waals surface area contributed by atoms with Crippen LogP contribution in [0, 0.1) is 12.7 Å². The summed E-state index contributed by atoms with van der Waals surface area (Å²) >= 11 is 0. The van der Waals surface area contributed by atoms with Gasteiger partial charge in [-0.3, -0.25) is 0 Å². The van der Waals surface area contributed by atoms with Crippen LogP contribution in [-0.2, 0) is 19.0 Å². The molecule has 0 amide bonds. The van der Waals surface area contributed by atoms with Crippen LogP contribution in [0.15, 0.2) is 12.1 Å². The van der Waals surface area contributed by atoms with Gasteiger partial charge >= 0.3 is 12.1 Å². The zero-order valence-electron chi connectivity index (χ0n) is 14.1. The minimum atomic E-state index is -3.96. The number of methoxy groups -OCH3 is 1. The molecule has 138 valence electrons. The van der Waals surface area contributed by atoms with Crippen molar-refractivity contribution in [3.63, 3.8) is 0 Å². The summed E-state index contributed by atoms with van der Waals surface area (Å²) < 4.78 is 57.2. The summed E-state index contributed by atoms with van der Waals surface area (Å²) in [5.74, 6) is -1.88. The van der Waals surface area contributed by atoms with Crippen molar-refractivity contribution in [2.45, 2.75) is 25.5 Å². The maximum Gasteiger partial charge on any atom is 0.393 e. The van der Waals surface area contributed by atoms with Gasteiger partial charge in [0.15, 0.2) is 0 Å². The van der Waals surface area contributed by atoms with Crippen molar-refractivity contribution in [3.8, 4) is 0 Å². The number of hydrogen-bond acceptors (Lipinski definition) is 6. The summed E-state index contributed by atoms with van der Waals surface area (Å²) in [7, 11) is 1.33. The molecule has 0 fully saturated rings. The quantitative estimate of drug-likeness (QED) is 0.595. The minimum Gasteiger partial charge on any atom is -0.464 e. The van der Waals surface area contributed by atoms with E-state index in [9.17, 15) is 18.0 Å². The highest BCUT2D eigenvalue weighted by Gasteiger charge is 2.62. The number of anilines is 1. The van der Waals surface area contributed by atoms with E-state index in [1.165, 1.54) is 27.0 Å². The molecule has 2 heterocycles. The number of pyridine rings is 1. The summed E-state index contributed by atoms with van der Waals surface area (Å²) in [4.78, 5) is 16.2. The summed E-state index contributed by atoms with van der Waals surface area (Å²) in [5.41, 5.74) is -2.39. The number of nitrogens with one attached hydrogen (secondary N) is 1. The Balaban J connectivity index is 2.44. The molecular weight excluding hydrogens is 341 g/mol. The number of aromatic nitrogens is 1. The predicted octanol–water partition coefficient (Wildman–Crippen LogP) is 2.53. The first-order valence-corrected chi connectivity index (χ1v) is 7.60. The molecule has 1 atom stereocenters. The van der Waals surface area contributed by atoms with Crippen molar-refractivity contribution in [1.82, 2.24) is 4.98 Å². The van der Waals surface area contributed by atoms with Crippen molar-refractivity contribution < 1.29 is 32.2 Å². The Bertz CT molecular complexity index is 682. The summed E-state index contributed by atoms with van der Waals surface area (Å²) in [5, 5.41) is 2.38. The molecule has 1 unspecified atom stereocenters. The van der Waals surface area contributed by atoms with E-state index in [2.05, 4.69) is 19.8 Å². The van der Waals surface area contributed by atoms with Gasteiger partial charge in [0.2, 0.25) is 5.54 Å². The Morgan fingerprint density at radius 3 is 2.76 bits per heavy atom. The molecule has 0 radical (unpaired) electrons. The van der Waals surface area contributed by atoms with Gasteiger partial charge in [0.25, 0.3) is 0 Å². The maximum absolute atomic E-state index is 14.7. The number of fused-ring (bicyclic) bond motifs is 1. The molecule has 0 bridgehead atoms. The molecule has 2 rings (SSSR count). The van der Waals surface area contributed by atoms with Gasteiger partial charge in [0.05, 0.1) is 25.5 Å². The number of halogens is 3. The summed E-state index contributed by atoms with van der Waals surface area (Å²) in [6.45, 7) is 2.25. The highest BCUT2D eigenvalue weighted by Crippen LogP contribution is 2.40. The fourth-order valence-electron chi connectivity index (χ4n) is 2.28. The van der Waals surface area contributed by atoms with E-state index >= 15 is 0 Å². The number of hydrogen-bond donors (Lipinski definition) is 1. The lowest BCUT2D eigenvalue weighted by molar-refractivity contribution is -0.267. The van der Waals surface area contributed by atoms with Crippen LogP contribution in [-0.4, -0.2) is 49.5 Å². The van der Waals surface area contributed by atoms with E-state index in [0.717, 1.165) is 12.1 Å². The van der Waals surface area contributed by atoms with Gasteiger partial charge in [0, 0.05) is 12.7 Å². The van der Waals surface area contributed by atoms with E-state index in [1.807, 2.05) is 0 Å². The molecule has 0 aliphatic carbocycles. The second kappa shape index (κ2) is 7.40. The van der Waals surface area contributed by atoms with E-state index in [-0.39, 0.29) is 30.3 Å². The molecule has 1 aromatic heterocycles. The number of nitrogens with zero attached hydrogens (tertiary/aromatic N) is 1. The first-order valence-electron chi connectivity index (χ1n) is 7.60. The van der Waals surface area contributed by atoms with Crippen LogP contribution in [0.4, 0.5) is 19.0 Å². The third-order valence-corrected chi connectivity index (χ3v) is 3.64. The average molecular weight is 360 g/mol. The number of aryl methyl sites for hydroxylation is 1. The molecule has 1 aromatic rings. The van der Waals surface area contributed by atoms with E-state index < -0.39 is 30.0 Å². The third kappa shape index (κ3) is 3.62. The highest BCUT2D eigenvalue weighted by molar-refractivity contribution is 5.92. The van der Waals surface area contributed by atoms with Crippen LogP contribution in [0.25, 0.3) is 6.08 Å². The fourth-order valence-corrected chi connectivity index (χ4v) is 2.28. The van der Waals surface area contributed by atoms with Crippen LogP contribution in [0.3, 0.4) is 0 Å². The zero-order chi connectivity index (χ0) is 18.7. The van der Waals surface area contributed by atoms with Crippen LogP contribution in [0.1, 0.15) is 18.2 Å². The van der Waals surface area contributed by atoms with E-state index in [4.69, 9.17) is 4.74 Å². The first-order chi connectivity index (χ1) is 11.8. The summed E-state index contributed by atoms with van der Waals surface area (Å²) in [6.07, 6.45) is -1.88. The van der Waals surface area contributed by atoms with Gasteiger partial charge < -0.3 is 19.5 Å². The highest BCUT2D eigenvalue weighted by atomic mass is 19.3. The molecule has 25 heavy (non-hydrogen) atoms. The number of esters is 1. The van der Waals surface area contributed by atoms with Gasteiger partial charge in [-0.2, -0.15) is 8.78 Å². The topological polar surface area (TPSA) is 69.7 Å². The number of alkyl halides is 2. The Morgan fingerprint density at radius 1 is 1.40 bits per heavy atom. The predicted molar refractivity (Wildman–Crippen MR) is 83.7 cm³/mol. The van der Waals surface area contributed by atoms with Crippen LogP contribution in [0.2, 0.25) is 0 Å². The lowest BCUT2D eigenvalue weighted by Gasteiger charge is -2.38. The van der Waals surface area contributed by atoms with Crippen molar-refractivity contribution in [1.29, 1.82) is 0 Å². The molecule has 1 aliphatic heterocycles. The maximum atomic E-state index is 14.7. The zero-order valence-corrected chi connectivity index (χ0v) is 14.1. The smallest absolute Gasteiger partial charge is 0.393 e. The fraction of sp³-hybridized carbons (Fsp3) is 0.500. The van der Waals surface area contributed by atoms with Crippen molar-refractivity contribution in [2.75, 3.05) is 32.2 Å². The largest absolute Gasteiger partial charge is 0.464 e. The van der Waals surface area contributed by atoms with Crippen molar-refractivity contribution in [3.05, 3.63) is 29.2 Å². The third-order valence-electron chi connectivity index (χ3n) is 3.64. The standard InChI is InChI=1S/C16H19F3N2O4/c1-4-24-14(22)15(16(18,19)25-8-7-23-3)6-5-11-9-12(17)10(2)20-13(11)21-15/h5-6,9H,4,7-8H2,1-3H3,(H,20,21). The van der Waals surface area contributed by atoms with Gasteiger partial charge in [-0.05, 0) is 26.0 Å². The average Bonchev–Trinajstić information content (AvgIpc) is 2.55. The first kappa shape index (κ1) is 19.2. The second-order valence-corrected chi connectivity index (χ2v) is 5.34. The van der Waals surface area contributed by atoms with E-state index in [0.29, 0.717) is 0 Å². The molecule has 6 nitrogen and oxygen atoms in total. The molecule has 0 saturated heterocycles. The van der Waals surface area contributed by atoms with Crippen molar-refractivity contribution in [2.24, 2.45) is 0 Å². The Labute approximate surface area is 143 Å². The molecule has 1 aliphatic rings. The molecule has 1 N–H and O–H groups in total. The van der Waals surface area contributed by atoms with Crippen LogP contribution < -0.4 is 5.32 Å². The molecule has 0 aromatic carbocycles. The molecule has 9 heteroatoms. The molecular formula is C16H19F3N2O4. The molecule has 0 spiro atoms. The lowest BCUT2D eigenvalue weighted by Crippen LogP contribution is -2.61. The number of carbonyl (C=O) groups is 1. The Hall–Kier alpha value is -2.13. The Kier molecular flexibility index (Phi) is 5.69. The van der Waals surface area contributed by atoms with Gasteiger partial charge in [-0.15, -0.1) is 0 Å². The van der Waals surface area contributed by atoms with Crippen molar-refractivity contribution >= 4 is 17.9 Å². The van der Waals surface area contributed by atoms with Crippen LogP contribution >= 0.6 is 0 Å². The number of rotatable bonds is 7. The summed E-state index contributed by atoms with van der Waals surface area (Å²) in [6, 6.07) is 1.14. The normalized spacial score (nSPS) is 19.3. The minimum absolute atomic E-state index is 0.00271. The Morgan fingerprint density at radius 2 is 2.12 bits per heavy atom. The van der Waals surface area contributed by atoms with Gasteiger partial charge in [0.1, 0.15) is 11.6 Å². The van der Waals surface area contributed by atoms with E-state index in [1.54, 1.807) is 0 Å².